The van der Waals surface area contributed by atoms with Crippen molar-refractivity contribution in [3.05, 3.63) is 35.9 Å². The molecule has 0 saturated heterocycles. The van der Waals surface area contributed by atoms with E-state index in [1.807, 2.05) is 42.3 Å². The first-order chi connectivity index (χ1) is 9.57. The van der Waals surface area contributed by atoms with Gasteiger partial charge < -0.3 is 10.2 Å². The van der Waals surface area contributed by atoms with Gasteiger partial charge in [-0.1, -0.05) is 30.3 Å². The van der Waals surface area contributed by atoms with Crippen LogP contribution in [0.1, 0.15) is 5.56 Å². The van der Waals surface area contributed by atoms with Crippen molar-refractivity contribution in [3.63, 3.8) is 0 Å². The third-order valence-electron chi connectivity index (χ3n) is 3.05. The number of guanidine groups is 1. The third kappa shape index (κ3) is 6.18. The molecule has 0 bridgehead atoms. The van der Waals surface area contributed by atoms with E-state index in [1.165, 1.54) is 0 Å². The molecule has 0 amide bonds. The average Bonchev–Trinajstić information content (AvgIpc) is 2.83. The summed E-state index contributed by atoms with van der Waals surface area (Å²) in [5.74, 6) is 0.801. The molecule has 2 rings (SSSR count). The van der Waals surface area contributed by atoms with Crippen molar-refractivity contribution in [1.29, 1.82) is 0 Å². The minimum absolute atomic E-state index is 0. The molecule has 0 unspecified atom stereocenters. The predicted octanol–water partition coefficient (Wildman–Crippen LogP) is 0.615. The Balaban J connectivity index is 0.00000220. The van der Waals surface area contributed by atoms with Crippen LogP contribution in [0.15, 0.2) is 35.3 Å². The van der Waals surface area contributed by atoms with Gasteiger partial charge in [-0.25, -0.2) is 13.1 Å². The molecular formula is C13H21IN4O2S. The zero-order valence-corrected chi connectivity index (χ0v) is 15.1. The first-order valence-corrected chi connectivity index (χ1v) is 8.23. The van der Waals surface area contributed by atoms with Gasteiger partial charge in [0.15, 0.2) is 5.96 Å². The van der Waals surface area contributed by atoms with Gasteiger partial charge in [-0.05, 0) is 5.56 Å². The van der Waals surface area contributed by atoms with Crippen LogP contribution in [-0.4, -0.2) is 51.7 Å². The van der Waals surface area contributed by atoms with Crippen LogP contribution in [0.4, 0.5) is 0 Å². The second-order valence-electron chi connectivity index (χ2n) is 4.68. The van der Waals surface area contributed by atoms with E-state index in [0.29, 0.717) is 13.1 Å². The smallest absolute Gasteiger partial charge is 0.213 e. The van der Waals surface area contributed by atoms with E-state index >= 15 is 0 Å². The standard InChI is InChI=1S/C13H20N4O2S.HI/c1-17-9-7-14-13(17)15-8-10-20(18,19)16-11-12-5-3-2-4-6-12;/h2-6,16H,7-11H2,1H3,(H,14,15);1H. The van der Waals surface area contributed by atoms with Crippen molar-refractivity contribution in [2.75, 3.05) is 32.4 Å². The summed E-state index contributed by atoms with van der Waals surface area (Å²) in [6, 6.07) is 9.46. The number of benzene rings is 1. The van der Waals surface area contributed by atoms with E-state index in [9.17, 15) is 8.42 Å². The maximum absolute atomic E-state index is 11.9. The molecule has 8 heteroatoms. The fourth-order valence-electron chi connectivity index (χ4n) is 1.88. The summed E-state index contributed by atoms with van der Waals surface area (Å²) in [5, 5.41) is 3.04. The van der Waals surface area contributed by atoms with Gasteiger partial charge in [-0.3, -0.25) is 4.99 Å². The van der Waals surface area contributed by atoms with Crippen molar-refractivity contribution in [1.82, 2.24) is 14.9 Å². The molecule has 1 aromatic rings. The Morgan fingerprint density at radius 3 is 2.62 bits per heavy atom. The molecule has 0 spiro atoms. The van der Waals surface area contributed by atoms with Crippen molar-refractivity contribution >= 4 is 40.0 Å². The number of rotatable bonds is 6. The quantitative estimate of drug-likeness (QED) is 0.657. The van der Waals surface area contributed by atoms with Gasteiger partial charge in [0, 0.05) is 26.7 Å². The summed E-state index contributed by atoms with van der Waals surface area (Å²) in [5.41, 5.74) is 0.948. The van der Waals surface area contributed by atoms with E-state index in [2.05, 4.69) is 15.0 Å². The highest BCUT2D eigenvalue weighted by Gasteiger charge is 2.14. The maximum Gasteiger partial charge on any atom is 0.213 e. The Morgan fingerprint density at radius 1 is 1.29 bits per heavy atom. The molecular weight excluding hydrogens is 403 g/mol. The van der Waals surface area contributed by atoms with Gasteiger partial charge >= 0.3 is 0 Å². The van der Waals surface area contributed by atoms with Crippen LogP contribution in [0, 0.1) is 0 Å². The third-order valence-corrected chi connectivity index (χ3v) is 4.38. The van der Waals surface area contributed by atoms with Crippen molar-refractivity contribution < 1.29 is 8.42 Å². The minimum atomic E-state index is -3.27. The van der Waals surface area contributed by atoms with Gasteiger partial charge in [0.1, 0.15) is 0 Å². The lowest BCUT2D eigenvalue weighted by molar-refractivity contribution is 0.535. The molecule has 118 valence electrons. The largest absolute Gasteiger partial charge is 0.355 e. The Bertz CT molecular complexity index is 563. The van der Waals surface area contributed by atoms with E-state index in [0.717, 1.165) is 24.6 Å². The number of hydrogen-bond acceptors (Lipinski definition) is 5. The summed E-state index contributed by atoms with van der Waals surface area (Å²) in [6.45, 7) is 2.32. The number of sulfonamides is 1. The lowest BCUT2D eigenvalue weighted by Crippen LogP contribution is -2.39. The highest BCUT2D eigenvalue weighted by atomic mass is 127. The van der Waals surface area contributed by atoms with E-state index < -0.39 is 10.0 Å². The molecule has 0 atom stereocenters. The van der Waals surface area contributed by atoms with Crippen LogP contribution in [0.3, 0.4) is 0 Å². The first-order valence-electron chi connectivity index (χ1n) is 6.57. The van der Waals surface area contributed by atoms with Crippen molar-refractivity contribution in [2.24, 2.45) is 4.99 Å². The van der Waals surface area contributed by atoms with Crippen LogP contribution < -0.4 is 10.0 Å². The van der Waals surface area contributed by atoms with Crippen LogP contribution in [0.2, 0.25) is 0 Å². The van der Waals surface area contributed by atoms with E-state index in [1.54, 1.807) is 0 Å². The van der Waals surface area contributed by atoms with Crippen LogP contribution >= 0.6 is 24.0 Å². The number of aliphatic imine (C=N–C) groups is 1. The Labute approximate surface area is 143 Å². The molecule has 2 N–H and O–H groups in total. The summed E-state index contributed by atoms with van der Waals surface area (Å²) >= 11 is 0. The molecule has 21 heavy (non-hydrogen) atoms. The lowest BCUT2D eigenvalue weighted by atomic mass is 10.2. The Morgan fingerprint density at radius 2 is 2.00 bits per heavy atom. The fourth-order valence-corrected chi connectivity index (χ4v) is 2.78. The molecule has 0 saturated carbocycles. The molecule has 0 fully saturated rings. The number of likely N-dealkylation sites (N-methyl/N-ethyl adjacent to an activating group) is 1. The number of hydrogen-bond donors (Lipinski definition) is 2. The molecule has 0 aromatic heterocycles. The highest BCUT2D eigenvalue weighted by Crippen LogP contribution is 1.99. The maximum atomic E-state index is 11.9. The van der Waals surface area contributed by atoms with E-state index in [-0.39, 0.29) is 29.7 Å². The minimum Gasteiger partial charge on any atom is -0.355 e. The molecule has 1 aliphatic rings. The lowest BCUT2D eigenvalue weighted by Gasteiger charge is -2.15. The van der Waals surface area contributed by atoms with Gasteiger partial charge in [0.25, 0.3) is 0 Å². The predicted molar refractivity (Wildman–Crippen MR) is 95.4 cm³/mol. The first kappa shape index (κ1) is 18.2. The molecule has 6 nitrogen and oxygen atoms in total. The van der Waals surface area contributed by atoms with Gasteiger partial charge in [0.2, 0.25) is 10.0 Å². The topological polar surface area (TPSA) is 73.8 Å². The van der Waals surface area contributed by atoms with Gasteiger partial charge in [0.05, 0.1) is 12.3 Å². The number of halogens is 1. The molecule has 1 aromatic carbocycles. The van der Waals surface area contributed by atoms with Gasteiger partial charge in [-0.2, -0.15) is 0 Å². The Kier molecular flexibility index (Phi) is 7.40. The molecule has 1 heterocycles. The second-order valence-corrected chi connectivity index (χ2v) is 6.61. The zero-order valence-electron chi connectivity index (χ0n) is 11.9. The summed E-state index contributed by atoms with van der Waals surface area (Å²) in [7, 11) is -1.34. The summed E-state index contributed by atoms with van der Waals surface area (Å²) in [6.07, 6.45) is 0. The summed E-state index contributed by atoms with van der Waals surface area (Å²) in [4.78, 5) is 6.22. The summed E-state index contributed by atoms with van der Waals surface area (Å²) < 4.78 is 26.3. The number of nitrogens with zero attached hydrogens (tertiary/aromatic N) is 2. The van der Waals surface area contributed by atoms with E-state index in [4.69, 9.17) is 0 Å². The fraction of sp³-hybridized carbons (Fsp3) is 0.462. The monoisotopic (exact) mass is 424 g/mol. The second kappa shape index (κ2) is 8.54. The Hall–Kier alpha value is -0.870. The molecule has 0 aliphatic carbocycles. The van der Waals surface area contributed by atoms with Crippen LogP contribution in [-0.2, 0) is 16.6 Å². The SMILES string of the molecule is CN1CCN=C1NCCS(=O)(=O)NCc1ccccc1.I. The average molecular weight is 424 g/mol. The zero-order chi connectivity index (χ0) is 14.4. The number of nitrogens with one attached hydrogen (secondary N) is 2. The normalized spacial score (nSPS) is 14.5. The molecule has 0 radical (unpaired) electrons. The van der Waals surface area contributed by atoms with Crippen molar-refractivity contribution in [3.8, 4) is 0 Å². The van der Waals surface area contributed by atoms with Crippen LogP contribution in [0.5, 0.6) is 0 Å². The van der Waals surface area contributed by atoms with Gasteiger partial charge in [-0.15, -0.1) is 24.0 Å². The highest BCUT2D eigenvalue weighted by molar-refractivity contribution is 14.0. The van der Waals surface area contributed by atoms with Crippen LogP contribution in [0.25, 0.3) is 0 Å². The molecule has 1 aliphatic heterocycles. The van der Waals surface area contributed by atoms with Crippen molar-refractivity contribution in [2.45, 2.75) is 6.54 Å².